The fraction of sp³-hybridized carbons (Fsp3) is 0.400. The Morgan fingerprint density at radius 1 is 1.50 bits per heavy atom. The Hall–Kier alpha value is -1.07. The zero-order valence-corrected chi connectivity index (χ0v) is 9.55. The molecule has 0 radical (unpaired) electrons. The van der Waals surface area contributed by atoms with Gasteiger partial charge in [0, 0.05) is 16.7 Å². The van der Waals surface area contributed by atoms with Gasteiger partial charge in [-0.3, -0.25) is 0 Å². The SMILES string of the molecule is COc1cc(Cl)cc(C(C)(N)C(F)F)c1O. The van der Waals surface area contributed by atoms with Crippen LogP contribution in [0.3, 0.4) is 0 Å². The predicted octanol–water partition coefficient (Wildman–Crippen LogP) is 2.49. The van der Waals surface area contributed by atoms with Crippen molar-refractivity contribution in [2.45, 2.75) is 18.9 Å². The third-order valence-corrected chi connectivity index (χ3v) is 2.51. The number of phenolic OH excluding ortho intramolecular Hbond substituents is 1. The van der Waals surface area contributed by atoms with E-state index >= 15 is 0 Å². The Morgan fingerprint density at radius 2 is 2.06 bits per heavy atom. The zero-order chi connectivity index (χ0) is 12.5. The lowest BCUT2D eigenvalue weighted by atomic mass is 9.92. The zero-order valence-electron chi connectivity index (χ0n) is 8.80. The first-order valence-corrected chi connectivity index (χ1v) is 4.82. The quantitative estimate of drug-likeness (QED) is 0.868. The van der Waals surface area contributed by atoms with Gasteiger partial charge in [0.05, 0.1) is 7.11 Å². The topological polar surface area (TPSA) is 55.5 Å². The van der Waals surface area contributed by atoms with Gasteiger partial charge in [0.1, 0.15) is 5.54 Å². The molecule has 90 valence electrons. The maximum absolute atomic E-state index is 12.7. The lowest BCUT2D eigenvalue weighted by Crippen LogP contribution is -2.40. The van der Waals surface area contributed by atoms with Gasteiger partial charge < -0.3 is 15.6 Å². The Labute approximate surface area is 96.8 Å². The van der Waals surface area contributed by atoms with E-state index in [0.29, 0.717) is 0 Å². The molecule has 0 aliphatic rings. The summed E-state index contributed by atoms with van der Waals surface area (Å²) in [5, 5.41) is 9.87. The molecular formula is C10H12ClF2NO2. The molecule has 0 aliphatic carbocycles. The number of aromatic hydroxyl groups is 1. The Kier molecular flexibility index (Phi) is 3.60. The van der Waals surface area contributed by atoms with Crippen LogP contribution in [0.2, 0.25) is 5.02 Å². The second-order valence-electron chi connectivity index (χ2n) is 3.59. The van der Waals surface area contributed by atoms with Gasteiger partial charge >= 0.3 is 0 Å². The smallest absolute Gasteiger partial charge is 0.260 e. The van der Waals surface area contributed by atoms with Crippen molar-refractivity contribution in [3.8, 4) is 11.5 Å². The van der Waals surface area contributed by atoms with E-state index in [1.807, 2.05) is 0 Å². The van der Waals surface area contributed by atoms with Crippen LogP contribution in [0.5, 0.6) is 11.5 Å². The van der Waals surface area contributed by atoms with Gasteiger partial charge in [0.15, 0.2) is 11.5 Å². The molecular weight excluding hydrogens is 240 g/mol. The minimum absolute atomic E-state index is 0.0137. The van der Waals surface area contributed by atoms with Crippen molar-refractivity contribution in [3.63, 3.8) is 0 Å². The van der Waals surface area contributed by atoms with Crippen LogP contribution in [0.4, 0.5) is 8.78 Å². The fourth-order valence-electron chi connectivity index (χ4n) is 1.26. The average molecular weight is 252 g/mol. The van der Waals surface area contributed by atoms with Crippen molar-refractivity contribution in [1.29, 1.82) is 0 Å². The van der Waals surface area contributed by atoms with Gasteiger partial charge in [0.25, 0.3) is 6.43 Å². The lowest BCUT2D eigenvalue weighted by Gasteiger charge is -2.25. The predicted molar refractivity (Wildman–Crippen MR) is 57.2 cm³/mol. The highest BCUT2D eigenvalue weighted by atomic mass is 35.5. The summed E-state index contributed by atoms with van der Waals surface area (Å²) in [5.41, 5.74) is 3.32. The van der Waals surface area contributed by atoms with Gasteiger partial charge in [-0.25, -0.2) is 8.78 Å². The maximum Gasteiger partial charge on any atom is 0.260 e. The third kappa shape index (κ3) is 2.20. The van der Waals surface area contributed by atoms with Gasteiger partial charge in [0.2, 0.25) is 0 Å². The van der Waals surface area contributed by atoms with Crippen LogP contribution in [0, 0.1) is 0 Å². The third-order valence-electron chi connectivity index (χ3n) is 2.29. The highest BCUT2D eigenvalue weighted by Gasteiger charge is 2.36. The molecule has 1 atom stereocenters. The molecule has 3 N–H and O–H groups in total. The molecule has 6 heteroatoms. The number of alkyl halides is 2. The van der Waals surface area contributed by atoms with Crippen molar-refractivity contribution >= 4 is 11.6 Å². The summed E-state index contributed by atoms with van der Waals surface area (Å²) in [6.45, 7) is 1.11. The Morgan fingerprint density at radius 3 is 2.50 bits per heavy atom. The molecule has 3 nitrogen and oxygen atoms in total. The minimum Gasteiger partial charge on any atom is -0.504 e. The normalized spacial score (nSPS) is 14.9. The Balaban J connectivity index is 3.39. The summed E-state index contributed by atoms with van der Waals surface area (Å²) >= 11 is 5.72. The first kappa shape index (κ1) is 13.0. The number of phenols is 1. The van der Waals surface area contributed by atoms with Crippen molar-refractivity contribution in [3.05, 3.63) is 22.7 Å². The summed E-state index contributed by atoms with van der Waals surface area (Å²) in [6.07, 6.45) is -2.83. The average Bonchev–Trinajstić information content (AvgIpc) is 2.20. The molecule has 0 spiro atoms. The molecule has 1 unspecified atom stereocenters. The number of benzene rings is 1. The number of hydrogen-bond acceptors (Lipinski definition) is 3. The molecule has 0 amide bonds. The molecule has 0 bridgehead atoms. The molecule has 16 heavy (non-hydrogen) atoms. The number of rotatable bonds is 3. The van der Waals surface area contributed by atoms with Crippen LogP contribution in [-0.4, -0.2) is 18.6 Å². The molecule has 1 rings (SSSR count). The second kappa shape index (κ2) is 4.43. The van der Waals surface area contributed by atoms with Crippen LogP contribution in [0.15, 0.2) is 12.1 Å². The van der Waals surface area contributed by atoms with E-state index < -0.39 is 17.7 Å². The summed E-state index contributed by atoms with van der Waals surface area (Å²) in [6, 6.07) is 2.52. The van der Waals surface area contributed by atoms with Crippen molar-refractivity contribution in [2.75, 3.05) is 7.11 Å². The molecule has 0 aromatic heterocycles. The molecule has 1 aromatic carbocycles. The largest absolute Gasteiger partial charge is 0.504 e. The number of methoxy groups -OCH3 is 1. The van der Waals surface area contributed by atoms with Crippen molar-refractivity contribution in [1.82, 2.24) is 0 Å². The lowest BCUT2D eigenvalue weighted by molar-refractivity contribution is 0.0609. The van der Waals surface area contributed by atoms with E-state index in [-0.39, 0.29) is 16.3 Å². The Bertz CT molecular complexity index is 397. The number of ether oxygens (including phenoxy) is 1. The number of halogens is 3. The monoisotopic (exact) mass is 251 g/mol. The summed E-state index contributed by atoms with van der Waals surface area (Å²) in [5.74, 6) is -0.406. The van der Waals surface area contributed by atoms with Crippen molar-refractivity contribution < 1.29 is 18.6 Å². The molecule has 1 aromatic rings. The van der Waals surface area contributed by atoms with E-state index in [1.54, 1.807) is 0 Å². The number of hydrogen-bond donors (Lipinski definition) is 2. The van der Waals surface area contributed by atoms with E-state index in [2.05, 4.69) is 0 Å². The molecule has 0 fully saturated rings. The van der Waals surface area contributed by atoms with E-state index in [9.17, 15) is 13.9 Å². The van der Waals surface area contributed by atoms with Crippen LogP contribution >= 0.6 is 11.6 Å². The molecule has 0 aliphatic heterocycles. The fourth-order valence-corrected chi connectivity index (χ4v) is 1.47. The molecule has 0 heterocycles. The minimum atomic E-state index is -2.83. The van der Waals surface area contributed by atoms with Gasteiger partial charge in [-0.15, -0.1) is 0 Å². The van der Waals surface area contributed by atoms with E-state index in [1.165, 1.54) is 19.2 Å². The molecule has 0 saturated heterocycles. The summed E-state index contributed by atoms with van der Waals surface area (Å²) < 4.78 is 30.3. The summed E-state index contributed by atoms with van der Waals surface area (Å²) in [7, 11) is 1.30. The van der Waals surface area contributed by atoms with Gasteiger partial charge in [-0.2, -0.15) is 0 Å². The van der Waals surface area contributed by atoms with Crippen LogP contribution in [-0.2, 0) is 5.54 Å². The van der Waals surface area contributed by atoms with E-state index in [0.717, 1.165) is 6.92 Å². The molecule has 0 saturated carbocycles. The van der Waals surface area contributed by atoms with Crippen LogP contribution < -0.4 is 10.5 Å². The van der Waals surface area contributed by atoms with Crippen molar-refractivity contribution in [2.24, 2.45) is 5.73 Å². The van der Waals surface area contributed by atoms with Crippen LogP contribution in [0.1, 0.15) is 12.5 Å². The maximum atomic E-state index is 12.7. The number of nitrogens with two attached hydrogens (primary N) is 1. The first-order valence-electron chi connectivity index (χ1n) is 4.44. The highest BCUT2D eigenvalue weighted by Crippen LogP contribution is 2.40. The van der Waals surface area contributed by atoms with Crippen LogP contribution in [0.25, 0.3) is 0 Å². The standard InChI is InChI=1S/C10H12ClF2NO2/c1-10(14,9(12)13)6-3-5(11)4-7(16-2)8(6)15/h3-4,9,15H,14H2,1-2H3. The van der Waals surface area contributed by atoms with E-state index in [4.69, 9.17) is 22.1 Å². The van der Waals surface area contributed by atoms with Gasteiger partial charge in [-0.05, 0) is 13.0 Å². The summed E-state index contributed by atoms with van der Waals surface area (Å²) in [4.78, 5) is 0. The highest BCUT2D eigenvalue weighted by molar-refractivity contribution is 6.30. The van der Waals surface area contributed by atoms with Gasteiger partial charge in [-0.1, -0.05) is 11.6 Å². The second-order valence-corrected chi connectivity index (χ2v) is 4.02. The first-order chi connectivity index (χ1) is 7.30.